The molecule has 4 atom stereocenters. The van der Waals surface area contributed by atoms with Gasteiger partial charge >= 0.3 is 5.97 Å². The van der Waals surface area contributed by atoms with Crippen LogP contribution < -0.4 is 10.6 Å². The summed E-state index contributed by atoms with van der Waals surface area (Å²) in [5.74, 6) is -0.846. The number of nitrogens with one attached hydrogen (secondary N) is 2. The summed E-state index contributed by atoms with van der Waals surface area (Å²) < 4.78 is 12.7. The fourth-order valence-electron chi connectivity index (χ4n) is 4.93. The van der Waals surface area contributed by atoms with E-state index in [0.29, 0.717) is 31.0 Å². The van der Waals surface area contributed by atoms with Gasteiger partial charge in [-0.25, -0.2) is 4.79 Å². The Balaban J connectivity index is 1.78. The number of benzene rings is 3. The zero-order valence-electron chi connectivity index (χ0n) is 25.2. The molecule has 0 spiro atoms. The zero-order chi connectivity index (χ0) is 31.2. The molecule has 0 saturated carbocycles. The van der Waals surface area contributed by atoms with Gasteiger partial charge in [-0.3, -0.25) is 18.7 Å². The molecule has 0 aliphatic carbocycles. The highest BCUT2D eigenvalue weighted by molar-refractivity contribution is 7.98. The second-order valence-corrected chi connectivity index (χ2v) is 13.3. The molecule has 3 aromatic carbocycles. The molecule has 3 rings (SSSR count). The van der Waals surface area contributed by atoms with Crippen LogP contribution in [0, 0.1) is 5.92 Å². The van der Waals surface area contributed by atoms with Crippen molar-refractivity contribution >= 4 is 51.1 Å². The Bertz CT molecular complexity index is 1370. The standard InChI is InChI=1S/C33H43N3O5S2/c1-4-24(2)30(35-32(38)23-43(41)22-25-11-6-5-7-12-25)20-36(21-31(37)34-29(33(39)40)17-18-42-3)19-27-15-10-14-26-13-8-9-16-28(26)27/h5-16,24,29-30H,4,17-23H2,1-3H3,(H,34,37)(H,35,38)(H,39,40)/t24-,29-,30+,43?/m0/s1. The second kappa shape index (κ2) is 17.8. The Morgan fingerprint density at radius 1 is 0.953 bits per heavy atom. The third-order valence-corrected chi connectivity index (χ3v) is 9.36. The number of amides is 2. The van der Waals surface area contributed by atoms with E-state index in [1.54, 1.807) is 0 Å². The summed E-state index contributed by atoms with van der Waals surface area (Å²) in [6.45, 7) is 4.85. The van der Waals surface area contributed by atoms with Crippen molar-refractivity contribution in [3.63, 3.8) is 0 Å². The van der Waals surface area contributed by atoms with Gasteiger partial charge in [-0.2, -0.15) is 11.8 Å². The van der Waals surface area contributed by atoms with Gasteiger partial charge in [0.2, 0.25) is 11.8 Å². The van der Waals surface area contributed by atoms with Gasteiger partial charge in [0.05, 0.1) is 6.54 Å². The lowest BCUT2D eigenvalue weighted by Crippen LogP contribution is -2.51. The van der Waals surface area contributed by atoms with Crippen LogP contribution in [-0.2, 0) is 37.5 Å². The van der Waals surface area contributed by atoms with Gasteiger partial charge in [0.25, 0.3) is 0 Å². The Kier molecular flexibility index (Phi) is 14.2. The highest BCUT2D eigenvalue weighted by Gasteiger charge is 2.26. The monoisotopic (exact) mass is 625 g/mol. The van der Waals surface area contributed by atoms with E-state index in [9.17, 15) is 23.7 Å². The van der Waals surface area contributed by atoms with Crippen LogP contribution in [0.1, 0.15) is 37.8 Å². The van der Waals surface area contributed by atoms with Crippen molar-refractivity contribution in [2.45, 2.75) is 51.1 Å². The van der Waals surface area contributed by atoms with Crippen molar-refractivity contribution in [2.24, 2.45) is 5.92 Å². The van der Waals surface area contributed by atoms with Crippen LogP contribution >= 0.6 is 11.8 Å². The first-order valence-electron chi connectivity index (χ1n) is 14.6. The number of aliphatic carboxylic acids is 1. The number of carbonyl (C=O) groups excluding carboxylic acids is 2. The van der Waals surface area contributed by atoms with E-state index in [1.165, 1.54) is 11.8 Å². The van der Waals surface area contributed by atoms with E-state index in [1.807, 2.05) is 97.8 Å². The average molecular weight is 626 g/mol. The van der Waals surface area contributed by atoms with E-state index in [0.717, 1.165) is 28.3 Å². The molecule has 0 radical (unpaired) electrons. The van der Waals surface area contributed by atoms with Crippen molar-refractivity contribution < 1.29 is 23.7 Å². The normalized spacial score (nSPS) is 14.1. The quantitative estimate of drug-likeness (QED) is 0.191. The summed E-state index contributed by atoms with van der Waals surface area (Å²) in [4.78, 5) is 40.0. The number of thioether (sulfide) groups is 1. The molecule has 2 amide bonds. The minimum atomic E-state index is -1.36. The van der Waals surface area contributed by atoms with Crippen LogP contribution in [0.5, 0.6) is 0 Å². The zero-order valence-corrected chi connectivity index (χ0v) is 26.8. The van der Waals surface area contributed by atoms with Gasteiger partial charge in [0.15, 0.2) is 0 Å². The largest absolute Gasteiger partial charge is 0.480 e. The molecule has 10 heteroatoms. The van der Waals surface area contributed by atoms with Crippen LogP contribution in [0.2, 0.25) is 0 Å². The van der Waals surface area contributed by atoms with Crippen molar-refractivity contribution in [3.05, 3.63) is 83.9 Å². The number of carbonyl (C=O) groups is 3. The lowest BCUT2D eigenvalue weighted by molar-refractivity contribution is -0.142. The minimum Gasteiger partial charge on any atom is -0.480 e. The van der Waals surface area contributed by atoms with Crippen molar-refractivity contribution in [1.82, 2.24) is 15.5 Å². The molecule has 232 valence electrons. The third kappa shape index (κ3) is 11.4. The van der Waals surface area contributed by atoms with Gasteiger partial charge < -0.3 is 15.7 Å². The van der Waals surface area contributed by atoms with Gasteiger partial charge in [0, 0.05) is 35.7 Å². The number of fused-ring (bicyclic) bond motifs is 1. The Hall–Kier alpha value is -3.21. The van der Waals surface area contributed by atoms with E-state index >= 15 is 0 Å². The highest BCUT2D eigenvalue weighted by Crippen LogP contribution is 2.21. The number of carboxylic acid groups (broad SMARTS) is 1. The first-order valence-corrected chi connectivity index (χ1v) is 17.5. The lowest BCUT2D eigenvalue weighted by atomic mass is 9.97. The third-order valence-electron chi connectivity index (χ3n) is 7.48. The Morgan fingerprint density at radius 3 is 2.35 bits per heavy atom. The number of carboxylic acids is 1. The molecule has 3 aromatic rings. The van der Waals surface area contributed by atoms with Crippen LogP contribution in [0.3, 0.4) is 0 Å². The Labute approximate surface area is 261 Å². The summed E-state index contributed by atoms with van der Waals surface area (Å²) in [7, 11) is -1.36. The van der Waals surface area contributed by atoms with Gasteiger partial charge in [-0.05, 0) is 46.2 Å². The fraction of sp³-hybridized carbons (Fsp3) is 0.424. The first-order chi connectivity index (χ1) is 20.7. The number of hydrogen-bond acceptors (Lipinski definition) is 6. The maximum absolute atomic E-state index is 13.2. The molecule has 0 saturated heterocycles. The molecular weight excluding hydrogens is 583 g/mol. The molecule has 1 unspecified atom stereocenters. The summed E-state index contributed by atoms with van der Waals surface area (Å²) >= 11 is 1.53. The van der Waals surface area contributed by atoms with Crippen LogP contribution in [0.25, 0.3) is 10.8 Å². The molecule has 0 fully saturated rings. The Morgan fingerprint density at radius 2 is 1.65 bits per heavy atom. The van der Waals surface area contributed by atoms with Crippen LogP contribution in [-0.4, -0.2) is 74.9 Å². The summed E-state index contributed by atoms with van der Waals surface area (Å²) in [6.07, 6.45) is 3.02. The maximum Gasteiger partial charge on any atom is 0.326 e. The molecule has 0 aliphatic heterocycles. The molecule has 0 aromatic heterocycles. The van der Waals surface area contributed by atoms with Crippen molar-refractivity contribution in [1.29, 1.82) is 0 Å². The summed E-state index contributed by atoms with van der Waals surface area (Å²) in [5.41, 5.74) is 1.94. The number of rotatable bonds is 18. The van der Waals surface area contributed by atoms with E-state index in [-0.39, 0.29) is 36.1 Å². The number of hydrogen-bond donors (Lipinski definition) is 3. The predicted octanol–water partition coefficient (Wildman–Crippen LogP) is 4.44. The van der Waals surface area contributed by atoms with Crippen LogP contribution in [0.15, 0.2) is 72.8 Å². The molecule has 0 bridgehead atoms. The first kappa shape index (κ1) is 34.3. The molecule has 0 aliphatic rings. The molecule has 43 heavy (non-hydrogen) atoms. The van der Waals surface area contributed by atoms with E-state index < -0.39 is 22.8 Å². The highest BCUT2D eigenvalue weighted by atomic mass is 32.2. The predicted molar refractivity (Wildman–Crippen MR) is 176 cm³/mol. The SMILES string of the molecule is CC[C@H](C)[C@@H](CN(CC(=O)N[C@@H](CCSC)C(=O)O)Cc1cccc2ccccc12)NC(=O)CS(=O)Cc1ccccc1. The van der Waals surface area contributed by atoms with E-state index in [4.69, 9.17) is 0 Å². The van der Waals surface area contributed by atoms with Crippen molar-refractivity contribution in [2.75, 3.05) is 30.9 Å². The molecule has 0 heterocycles. The van der Waals surface area contributed by atoms with Gasteiger partial charge in [-0.15, -0.1) is 0 Å². The van der Waals surface area contributed by atoms with Gasteiger partial charge in [0.1, 0.15) is 11.8 Å². The molecule has 3 N–H and O–H groups in total. The topological polar surface area (TPSA) is 116 Å². The van der Waals surface area contributed by atoms with Crippen molar-refractivity contribution in [3.8, 4) is 0 Å². The number of nitrogens with zero attached hydrogens (tertiary/aromatic N) is 1. The molecule has 8 nitrogen and oxygen atoms in total. The smallest absolute Gasteiger partial charge is 0.326 e. The average Bonchev–Trinajstić information content (AvgIpc) is 2.98. The molecular formula is C33H43N3O5S2. The van der Waals surface area contributed by atoms with Crippen LogP contribution in [0.4, 0.5) is 0 Å². The minimum absolute atomic E-state index is 0.0327. The summed E-state index contributed by atoms with van der Waals surface area (Å²) in [5, 5.41) is 17.6. The maximum atomic E-state index is 13.2. The van der Waals surface area contributed by atoms with E-state index in [2.05, 4.69) is 10.6 Å². The second-order valence-electron chi connectivity index (χ2n) is 10.8. The fourth-order valence-corrected chi connectivity index (χ4v) is 6.44. The summed E-state index contributed by atoms with van der Waals surface area (Å²) in [6, 6.07) is 22.3. The lowest BCUT2D eigenvalue weighted by Gasteiger charge is -2.31. The van der Waals surface area contributed by atoms with Gasteiger partial charge in [-0.1, -0.05) is 93.1 Å².